The van der Waals surface area contributed by atoms with Crippen molar-refractivity contribution in [1.82, 2.24) is 10.6 Å². The lowest BCUT2D eigenvalue weighted by atomic mass is 9.71. The molecule has 0 saturated heterocycles. The van der Waals surface area contributed by atoms with Crippen LogP contribution in [0.1, 0.15) is 105 Å². The average molecular weight is 1120 g/mol. The van der Waals surface area contributed by atoms with Crippen LogP contribution in [0.4, 0.5) is 0 Å². The summed E-state index contributed by atoms with van der Waals surface area (Å²) in [5.41, 5.74) is 0.781. The summed E-state index contributed by atoms with van der Waals surface area (Å²) in [6.07, 6.45) is 4.70. The SMILES string of the molecule is C=C(C)C(=O)NCc1ccc(O)c(O)c1.C=C(C)C(=O)OCCCC.CCCCOC(=O)C(C)(C)CC(C)(CC)C(=O)NCc1ccc(O)c(O)c1.IC(I)I. The van der Waals surface area contributed by atoms with Gasteiger partial charge in [-0.15, -0.1) is 0 Å². The van der Waals surface area contributed by atoms with E-state index in [0.29, 0.717) is 54.9 Å². The quantitative estimate of drug-likeness (QED) is 0.0222. The van der Waals surface area contributed by atoms with Gasteiger partial charge in [-0.05, 0) is 88.8 Å². The number of benzene rings is 2. The Balaban J connectivity index is 0. The third-order valence-corrected chi connectivity index (χ3v) is 7.90. The monoisotopic (exact) mass is 1120 g/mol. The van der Waals surface area contributed by atoms with Gasteiger partial charge in [0.2, 0.25) is 11.8 Å². The van der Waals surface area contributed by atoms with Crippen molar-refractivity contribution in [3.8, 4) is 23.0 Å². The van der Waals surface area contributed by atoms with Crippen LogP contribution in [0.3, 0.4) is 0 Å². The van der Waals surface area contributed by atoms with Crippen LogP contribution < -0.4 is 10.6 Å². The number of aromatic hydroxyl groups is 4. The summed E-state index contributed by atoms with van der Waals surface area (Å²) in [5.74, 6) is -1.76. The highest BCUT2D eigenvalue weighted by Crippen LogP contribution is 2.38. The molecule has 2 aromatic rings. The Kier molecular flexibility index (Phi) is 29.0. The molecule has 0 saturated carbocycles. The van der Waals surface area contributed by atoms with E-state index in [4.69, 9.17) is 14.6 Å². The number of hydrogen-bond acceptors (Lipinski definition) is 10. The predicted molar refractivity (Wildman–Crippen MR) is 247 cm³/mol. The van der Waals surface area contributed by atoms with Crippen LogP contribution >= 0.6 is 67.8 Å². The second-order valence-corrected chi connectivity index (χ2v) is 24.7. The van der Waals surface area contributed by atoms with Crippen LogP contribution in [0.25, 0.3) is 0 Å². The number of rotatable bonds is 17. The van der Waals surface area contributed by atoms with Gasteiger partial charge in [-0.25, -0.2) is 4.79 Å². The van der Waals surface area contributed by atoms with E-state index in [0.717, 1.165) is 25.6 Å². The van der Waals surface area contributed by atoms with Crippen molar-refractivity contribution >= 4 is 91.5 Å². The van der Waals surface area contributed by atoms with Gasteiger partial charge in [0.1, 0.15) is -0.0619 Å². The van der Waals surface area contributed by atoms with Gasteiger partial charge in [-0.3, -0.25) is 14.4 Å². The largest absolute Gasteiger partial charge is 0.504 e. The second kappa shape index (κ2) is 29.4. The van der Waals surface area contributed by atoms with Crippen LogP contribution in [0.15, 0.2) is 60.7 Å². The molecule has 0 bridgehead atoms. The van der Waals surface area contributed by atoms with Crippen LogP contribution in [0, 0.1) is 10.8 Å². The summed E-state index contributed by atoms with van der Waals surface area (Å²) in [6.45, 7) is 23.1. The minimum atomic E-state index is -0.771. The van der Waals surface area contributed by atoms with E-state index >= 15 is 0 Å². The lowest BCUT2D eigenvalue weighted by Gasteiger charge is -2.34. The lowest BCUT2D eigenvalue weighted by molar-refractivity contribution is -0.157. The molecule has 0 spiro atoms. The highest BCUT2D eigenvalue weighted by Gasteiger charge is 2.41. The smallest absolute Gasteiger partial charge is 0.333 e. The third kappa shape index (κ3) is 24.7. The van der Waals surface area contributed by atoms with Gasteiger partial charge in [0.15, 0.2) is 23.0 Å². The van der Waals surface area contributed by atoms with E-state index in [9.17, 15) is 34.5 Å². The molecule has 56 heavy (non-hydrogen) atoms. The van der Waals surface area contributed by atoms with Crippen molar-refractivity contribution in [1.29, 1.82) is 0 Å². The zero-order valence-corrected chi connectivity index (χ0v) is 40.4. The molecule has 0 aliphatic carbocycles. The number of esters is 2. The predicted octanol–water partition coefficient (Wildman–Crippen LogP) is 9.66. The molecule has 0 heterocycles. The molecule has 2 amide bonds. The first-order valence-corrected chi connectivity index (χ1v) is 21.9. The Morgan fingerprint density at radius 3 is 1.52 bits per heavy atom. The van der Waals surface area contributed by atoms with Crippen molar-refractivity contribution in [2.75, 3.05) is 13.2 Å². The first-order chi connectivity index (χ1) is 26.0. The Morgan fingerprint density at radius 2 is 1.14 bits per heavy atom. The molecular formula is C41H61I3N2O10. The summed E-state index contributed by atoms with van der Waals surface area (Å²) >= 11 is 6.95. The summed E-state index contributed by atoms with van der Waals surface area (Å²) < 4.78 is 10.9. The average Bonchev–Trinajstić information content (AvgIpc) is 3.12. The molecule has 12 nitrogen and oxygen atoms in total. The number of carbonyl (C=O) groups is 4. The molecule has 6 N–H and O–H groups in total. The normalized spacial score (nSPS) is 11.4. The van der Waals surface area contributed by atoms with E-state index in [-0.39, 0.29) is 53.3 Å². The number of unbranched alkanes of at least 4 members (excludes halogenated alkanes) is 2. The fourth-order valence-corrected chi connectivity index (χ4v) is 4.44. The number of amides is 2. The standard InChI is InChI=1S/C21H33NO5.C11H13NO3.C8H14O2.CHI3/c1-6-8-11-27-19(26)20(3,4)14-21(5,7-2)18(25)22-13-15-9-10-16(23)17(24)12-15;1-7(2)11(15)12-6-8-3-4-9(13)10(14)5-8;1-4-5-6-10-8(9)7(2)3;2-1(3)4/h9-10,12,23-24H,6-8,11,13-14H2,1-5H3,(H,22,25);3-5,13-14H,1,6H2,2H3,(H,12,15);2,4-6H2,1,3H3;1H. The number of carbonyl (C=O) groups excluding carboxylic acids is 4. The summed E-state index contributed by atoms with van der Waals surface area (Å²) in [4.78, 5) is 47.0. The van der Waals surface area contributed by atoms with Gasteiger partial charge >= 0.3 is 11.9 Å². The maximum absolute atomic E-state index is 12.8. The molecular weight excluding hydrogens is 1060 g/mol. The minimum Gasteiger partial charge on any atom is -0.504 e. The van der Waals surface area contributed by atoms with Crippen molar-refractivity contribution in [3.63, 3.8) is 0 Å². The van der Waals surface area contributed by atoms with Gasteiger partial charge in [-0.2, -0.15) is 0 Å². The molecule has 2 rings (SSSR count). The molecule has 0 aromatic heterocycles. The Bertz CT molecular complexity index is 1560. The topological polar surface area (TPSA) is 192 Å². The van der Waals surface area contributed by atoms with Crippen molar-refractivity contribution in [3.05, 3.63) is 71.8 Å². The number of ether oxygens (including phenoxy) is 2. The van der Waals surface area contributed by atoms with Gasteiger partial charge in [0.05, 0.1) is 18.6 Å². The number of phenols is 4. The molecule has 0 fully saturated rings. The van der Waals surface area contributed by atoms with E-state index in [2.05, 4.69) is 98.5 Å². The summed E-state index contributed by atoms with van der Waals surface area (Å²) in [6, 6.07) is 8.81. The summed E-state index contributed by atoms with van der Waals surface area (Å²) in [5, 5.41) is 42.7. The Labute approximate surface area is 374 Å². The van der Waals surface area contributed by atoms with Crippen LogP contribution in [-0.4, -0.2) is 57.3 Å². The maximum Gasteiger partial charge on any atom is 0.333 e. The number of phenolic OH excluding ortho intramolecular Hbond substituents is 4. The zero-order valence-electron chi connectivity index (χ0n) is 33.9. The molecule has 2 aromatic carbocycles. The van der Waals surface area contributed by atoms with Gasteiger partial charge < -0.3 is 40.5 Å². The van der Waals surface area contributed by atoms with E-state index in [1.165, 1.54) is 24.3 Å². The minimum absolute atomic E-state index is 0.160. The molecule has 1 atom stereocenters. The molecule has 15 heteroatoms. The molecule has 1 unspecified atom stereocenters. The zero-order chi connectivity index (χ0) is 43.6. The highest BCUT2D eigenvalue weighted by atomic mass is 127. The third-order valence-electron chi connectivity index (χ3n) is 7.90. The number of hydrogen-bond donors (Lipinski definition) is 6. The number of alkyl halides is 3. The van der Waals surface area contributed by atoms with Gasteiger partial charge in [-0.1, -0.05) is 134 Å². The maximum atomic E-state index is 12.8. The lowest BCUT2D eigenvalue weighted by Crippen LogP contribution is -2.43. The highest BCUT2D eigenvalue weighted by molar-refractivity contribution is 14.3. The summed E-state index contributed by atoms with van der Waals surface area (Å²) in [7, 11) is 0. The fraction of sp³-hybridized carbons (Fsp3) is 0.512. The van der Waals surface area contributed by atoms with Crippen LogP contribution in [-0.2, 0) is 41.7 Å². The van der Waals surface area contributed by atoms with E-state index < -0.39 is 10.8 Å². The van der Waals surface area contributed by atoms with Crippen LogP contribution in [0.2, 0.25) is 0 Å². The van der Waals surface area contributed by atoms with Crippen LogP contribution in [0.5, 0.6) is 23.0 Å². The van der Waals surface area contributed by atoms with Crippen molar-refractivity contribution < 1.29 is 49.1 Å². The first-order valence-electron chi connectivity index (χ1n) is 18.1. The Morgan fingerprint density at radius 1 is 0.714 bits per heavy atom. The second-order valence-electron chi connectivity index (χ2n) is 13.8. The molecule has 316 valence electrons. The Hall–Kier alpha value is -2.81. The molecule has 0 aliphatic heterocycles. The molecule has 0 radical (unpaired) electrons. The van der Waals surface area contributed by atoms with Gasteiger partial charge in [0, 0.05) is 29.7 Å². The first kappa shape index (κ1) is 55.3. The van der Waals surface area contributed by atoms with Crippen molar-refractivity contribution in [2.45, 2.75) is 107 Å². The molecule has 0 aliphatic rings. The number of halogens is 3. The fourth-order valence-electron chi connectivity index (χ4n) is 4.44. The number of nitrogens with one attached hydrogen (secondary N) is 2. The van der Waals surface area contributed by atoms with Crippen molar-refractivity contribution in [2.24, 2.45) is 10.8 Å². The van der Waals surface area contributed by atoms with E-state index in [1.54, 1.807) is 39.8 Å². The van der Waals surface area contributed by atoms with E-state index in [1.807, 2.05) is 20.8 Å². The van der Waals surface area contributed by atoms with Gasteiger partial charge in [0.25, 0.3) is 0 Å².